The molecule has 0 aliphatic rings. The normalized spacial score (nSPS) is 7.67. The van der Waals surface area contributed by atoms with E-state index in [1.807, 2.05) is 47.6 Å². The predicted molar refractivity (Wildman–Crippen MR) is 105 cm³/mol. The molecule has 0 saturated carbocycles. The molecule has 0 bridgehead atoms. The number of hydrogen-bond donors (Lipinski definition) is 1. The number of hydrogen-bond acceptors (Lipinski definition) is 3. The van der Waals surface area contributed by atoms with Crippen molar-refractivity contribution in [1.29, 1.82) is 0 Å². The minimum absolute atomic E-state index is 0.0198. The van der Waals surface area contributed by atoms with Crippen LogP contribution in [-0.4, -0.2) is 25.1 Å². The molecule has 0 radical (unpaired) electrons. The highest BCUT2D eigenvalue weighted by atomic mass is 16.4. The van der Waals surface area contributed by atoms with Gasteiger partial charge in [-0.05, 0) is 12.1 Å². The molecule has 24 heavy (non-hydrogen) atoms. The second-order valence-electron chi connectivity index (χ2n) is 3.62. The molecule has 0 heterocycles. The highest BCUT2D eigenvalue weighted by Crippen LogP contribution is 2.19. The first-order valence-electron chi connectivity index (χ1n) is 8.48. The summed E-state index contributed by atoms with van der Waals surface area (Å²) < 4.78 is 4.25. The summed E-state index contributed by atoms with van der Waals surface area (Å²) in [4.78, 5) is 11.9. The van der Waals surface area contributed by atoms with Gasteiger partial charge in [0.15, 0.2) is 5.78 Å². The van der Waals surface area contributed by atoms with E-state index < -0.39 is 0 Å². The van der Waals surface area contributed by atoms with Crippen LogP contribution in [0.3, 0.4) is 0 Å². The lowest BCUT2D eigenvalue weighted by atomic mass is 10.0. The van der Waals surface area contributed by atoms with Crippen molar-refractivity contribution in [2.24, 2.45) is 0 Å². The van der Waals surface area contributed by atoms with Crippen LogP contribution in [0.2, 0.25) is 0 Å². The molecule has 3 heteroatoms. The summed E-state index contributed by atoms with van der Waals surface area (Å²) in [6, 6.07) is 15.5. The number of ether oxygens (including phenoxy) is 1. The molecule has 0 aromatic heterocycles. The van der Waals surface area contributed by atoms with Crippen LogP contribution in [0.25, 0.3) is 0 Å². The molecule has 0 atom stereocenters. The first-order valence-corrected chi connectivity index (χ1v) is 8.48. The molecule has 0 aliphatic heterocycles. The monoisotopic (exact) mass is 334 g/mol. The van der Waals surface area contributed by atoms with Crippen molar-refractivity contribution in [2.45, 2.75) is 41.5 Å². The fourth-order valence-corrected chi connectivity index (χ4v) is 1.41. The topological polar surface area (TPSA) is 46.5 Å². The van der Waals surface area contributed by atoms with Crippen molar-refractivity contribution >= 4 is 5.78 Å². The molecule has 0 fully saturated rings. The zero-order chi connectivity index (χ0) is 19.4. The third-order valence-corrected chi connectivity index (χ3v) is 2.18. The second kappa shape index (κ2) is 20.9. The number of para-hydroxylation sites is 1. The second-order valence-corrected chi connectivity index (χ2v) is 3.62. The third-order valence-electron chi connectivity index (χ3n) is 2.18. The van der Waals surface area contributed by atoms with Crippen LogP contribution in [0.1, 0.15) is 57.5 Å². The van der Waals surface area contributed by atoms with E-state index in [1.165, 1.54) is 6.07 Å². The van der Waals surface area contributed by atoms with Crippen LogP contribution in [-0.2, 0) is 4.74 Å². The van der Waals surface area contributed by atoms with Crippen LogP contribution < -0.4 is 0 Å². The highest BCUT2D eigenvalue weighted by Gasteiger charge is 2.11. The van der Waals surface area contributed by atoms with Gasteiger partial charge in [0.05, 0.1) is 5.56 Å². The first kappa shape index (κ1) is 26.8. The fraction of sp³-hybridized carbons (Fsp3) is 0.381. The summed E-state index contributed by atoms with van der Waals surface area (Å²) in [5.41, 5.74) is 0.919. The number of methoxy groups -OCH3 is 1. The lowest BCUT2D eigenvalue weighted by Gasteiger charge is -2.02. The van der Waals surface area contributed by atoms with Crippen molar-refractivity contribution in [3.05, 3.63) is 65.7 Å². The van der Waals surface area contributed by atoms with E-state index in [2.05, 4.69) is 4.74 Å². The summed E-state index contributed by atoms with van der Waals surface area (Å²) in [6.45, 7) is 12.0. The largest absolute Gasteiger partial charge is 0.507 e. The van der Waals surface area contributed by atoms with Gasteiger partial charge in [0, 0.05) is 19.8 Å². The standard InChI is InChI=1S/C13H10O2.C2H6O.3C2H6/c14-12-9-5-4-8-11(12)13(15)10-6-2-1-3-7-10;1-3-2;3*1-2/h1-9,14H;1-2H3;3*1-2H3. The quantitative estimate of drug-likeness (QED) is 0.689. The van der Waals surface area contributed by atoms with E-state index in [1.54, 1.807) is 56.7 Å². The van der Waals surface area contributed by atoms with E-state index in [9.17, 15) is 9.90 Å². The summed E-state index contributed by atoms with van der Waals surface area (Å²) in [7, 11) is 3.25. The van der Waals surface area contributed by atoms with Gasteiger partial charge in [-0.25, -0.2) is 0 Å². The van der Waals surface area contributed by atoms with E-state index in [0.717, 1.165) is 0 Å². The Kier molecular flexibility index (Phi) is 23.3. The van der Waals surface area contributed by atoms with Gasteiger partial charge in [0.2, 0.25) is 0 Å². The van der Waals surface area contributed by atoms with Crippen LogP contribution in [0.5, 0.6) is 5.75 Å². The fourth-order valence-electron chi connectivity index (χ4n) is 1.41. The van der Waals surface area contributed by atoms with Crippen molar-refractivity contribution < 1.29 is 14.6 Å². The lowest BCUT2D eigenvalue weighted by Crippen LogP contribution is -2.00. The number of rotatable bonds is 2. The number of aromatic hydroxyl groups is 1. The highest BCUT2D eigenvalue weighted by molar-refractivity contribution is 6.10. The SMILES string of the molecule is CC.CC.CC.COC.O=C(c1ccccc1)c1ccccc1O. The smallest absolute Gasteiger partial charge is 0.196 e. The van der Waals surface area contributed by atoms with Crippen molar-refractivity contribution in [2.75, 3.05) is 14.2 Å². The van der Waals surface area contributed by atoms with Gasteiger partial charge in [-0.3, -0.25) is 4.79 Å². The Hall–Kier alpha value is -2.13. The third kappa shape index (κ3) is 11.4. The van der Waals surface area contributed by atoms with Gasteiger partial charge >= 0.3 is 0 Å². The molecule has 2 aromatic carbocycles. The first-order chi connectivity index (χ1) is 11.7. The summed E-state index contributed by atoms with van der Waals surface area (Å²) in [5, 5.41) is 9.52. The van der Waals surface area contributed by atoms with E-state index in [0.29, 0.717) is 11.1 Å². The molecule has 136 valence electrons. The Balaban J connectivity index is -0.000000422. The maximum atomic E-state index is 11.9. The van der Waals surface area contributed by atoms with Gasteiger partial charge < -0.3 is 9.84 Å². The number of carbonyl (C=O) groups excluding carboxylic acids is 1. The Morgan fingerprint density at radius 2 is 1.12 bits per heavy atom. The summed E-state index contributed by atoms with van der Waals surface area (Å²) in [6.07, 6.45) is 0. The molecule has 0 unspecified atom stereocenters. The molecular weight excluding hydrogens is 300 g/mol. The molecule has 2 rings (SSSR count). The van der Waals surface area contributed by atoms with Gasteiger partial charge in [0.25, 0.3) is 0 Å². The molecule has 0 saturated heterocycles. The van der Waals surface area contributed by atoms with Crippen molar-refractivity contribution in [1.82, 2.24) is 0 Å². The molecule has 0 spiro atoms. The maximum Gasteiger partial charge on any atom is 0.196 e. The predicted octanol–water partition coefficient (Wildman–Crippen LogP) is 5.96. The summed E-state index contributed by atoms with van der Waals surface area (Å²) in [5.74, 6) is -0.139. The molecule has 0 amide bonds. The van der Waals surface area contributed by atoms with E-state index in [-0.39, 0.29) is 11.5 Å². The van der Waals surface area contributed by atoms with Crippen LogP contribution in [0.4, 0.5) is 0 Å². The Bertz CT molecular complexity index is 493. The summed E-state index contributed by atoms with van der Waals surface area (Å²) >= 11 is 0. The minimum atomic E-state index is -0.159. The minimum Gasteiger partial charge on any atom is -0.507 e. The number of phenols is 1. The lowest BCUT2D eigenvalue weighted by molar-refractivity contribution is 0.103. The Labute approximate surface area is 148 Å². The molecule has 0 aliphatic carbocycles. The van der Waals surface area contributed by atoms with Gasteiger partial charge in [-0.15, -0.1) is 0 Å². The van der Waals surface area contributed by atoms with Crippen molar-refractivity contribution in [3.8, 4) is 5.75 Å². The van der Waals surface area contributed by atoms with E-state index >= 15 is 0 Å². The number of benzene rings is 2. The maximum absolute atomic E-state index is 11.9. The van der Waals surface area contributed by atoms with Crippen molar-refractivity contribution in [3.63, 3.8) is 0 Å². The molecule has 3 nitrogen and oxygen atoms in total. The molecule has 1 N–H and O–H groups in total. The Morgan fingerprint density at radius 1 is 0.750 bits per heavy atom. The molecular formula is C21H34O3. The number of ketones is 1. The average Bonchev–Trinajstić information content (AvgIpc) is 2.68. The van der Waals surface area contributed by atoms with Gasteiger partial charge in [-0.2, -0.15) is 0 Å². The number of phenolic OH excluding ortho intramolecular Hbond substituents is 1. The average molecular weight is 335 g/mol. The van der Waals surface area contributed by atoms with Crippen LogP contribution >= 0.6 is 0 Å². The van der Waals surface area contributed by atoms with E-state index in [4.69, 9.17) is 0 Å². The number of carbonyl (C=O) groups is 1. The van der Waals surface area contributed by atoms with Crippen LogP contribution in [0, 0.1) is 0 Å². The van der Waals surface area contributed by atoms with Gasteiger partial charge in [-0.1, -0.05) is 84.0 Å². The van der Waals surface area contributed by atoms with Crippen LogP contribution in [0.15, 0.2) is 54.6 Å². The zero-order valence-corrected chi connectivity index (χ0v) is 16.5. The van der Waals surface area contributed by atoms with Gasteiger partial charge in [0.1, 0.15) is 5.75 Å². The Morgan fingerprint density at radius 3 is 1.54 bits per heavy atom. The molecule has 2 aromatic rings. The zero-order valence-electron chi connectivity index (χ0n) is 16.5.